The highest BCUT2D eigenvalue weighted by molar-refractivity contribution is 6.46. The number of Topliss-reactive ketones (excluding diaryl/α,β-unsaturated/α-hetero) is 1. The highest BCUT2D eigenvalue weighted by Crippen LogP contribution is 2.54. The van der Waals surface area contributed by atoms with Crippen LogP contribution in [-0.2, 0) is 14.3 Å². The molecule has 0 unspecified atom stereocenters. The molecule has 0 bridgehead atoms. The smallest absolute Gasteiger partial charge is 0.295 e. The minimum absolute atomic E-state index is 0.0211. The molecule has 6 rings (SSSR count). The Kier molecular flexibility index (Phi) is 6.57. The van der Waals surface area contributed by atoms with E-state index in [1.54, 1.807) is 24.3 Å². The Balaban J connectivity index is 1.49. The van der Waals surface area contributed by atoms with Crippen LogP contribution in [0.3, 0.4) is 0 Å². The molecule has 2 fully saturated rings. The number of amides is 1. The SMILES string of the molecule is COc1c([C@H]2C(=C(O)c3ccc4c(c3)OCO4)C(=O)C(=O)N2CCN2CCOCC2)cc2c(c1OC)OCO2. The molecule has 0 aromatic heterocycles. The van der Waals surface area contributed by atoms with E-state index in [1.165, 1.54) is 19.1 Å². The van der Waals surface area contributed by atoms with E-state index in [-0.39, 0.29) is 43.0 Å². The number of morpholine rings is 1. The highest BCUT2D eigenvalue weighted by atomic mass is 16.7. The Morgan fingerprint density at radius 2 is 1.64 bits per heavy atom. The second-order valence-electron chi connectivity index (χ2n) is 9.28. The van der Waals surface area contributed by atoms with Gasteiger partial charge in [-0.05, 0) is 24.3 Å². The standard InChI is InChI=1S/C27H28N2O10/c1-33-24-16(12-19-25(26(24)34-2)39-14-38-19)21-20(22(30)15-3-4-17-18(11-15)37-13-36-17)23(31)27(32)29(21)6-5-28-7-9-35-10-8-28/h3-4,11-12,21,30H,5-10,13-14H2,1-2H3/t21-/m0/s1. The molecule has 206 valence electrons. The number of carbonyl (C=O) groups is 2. The largest absolute Gasteiger partial charge is 0.507 e. The molecule has 0 aliphatic carbocycles. The van der Waals surface area contributed by atoms with Crippen LogP contribution < -0.4 is 28.4 Å². The normalized spacial score (nSPS) is 21.5. The van der Waals surface area contributed by atoms with E-state index in [4.69, 9.17) is 33.2 Å². The van der Waals surface area contributed by atoms with Gasteiger partial charge in [-0.2, -0.15) is 0 Å². The van der Waals surface area contributed by atoms with E-state index in [0.29, 0.717) is 67.0 Å². The monoisotopic (exact) mass is 540 g/mol. The first-order valence-corrected chi connectivity index (χ1v) is 12.5. The molecule has 4 aliphatic heterocycles. The fourth-order valence-corrected chi connectivity index (χ4v) is 5.32. The van der Waals surface area contributed by atoms with Crippen molar-refractivity contribution in [3.05, 3.63) is 41.0 Å². The van der Waals surface area contributed by atoms with Crippen molar-refractivity contribution in [1.82, 2.24) is 9.80 Å². The zero-order valence-corrected chi connectivity index (χ0v) is 21.6. The highest BCUT2D eigenvalue weighted by Gasteiger charge is 2.48. The maximum Gasteiger partial charge on any atom is 0.295 e. The van der Waals surface area contributed by atoms with Crippen LogP contribution in [0.25, 0.3) is 5.76 Å². The van der Waals surface area contributed by atoms with E-state index in [2.05, 4.69) is 4.90 Å². The number of benzene rings is 2. The molecule has 1 N–H and O–H groups in total. The molecular weight excluding hydrogens is 512 g/mol. The van der Waals surface area contributed by atoms with Crippen molar-refractivity contribution in [1.29, 1.82) is 0 Å². The van der Waals surface area contributed by atoms with Gasteiger partial charge in [0.25, 0.3) is 11.7 Å². The molecule has 39 heavy (non-hydrogen) atoms. The van der Waals surface area contributed by atoms with Gasteiger partial charge in [-0.3, -0.25) is 14.5 Å². The summed E-state index contributed by atoms with van der Waals surface area (Å²) in [6, 6.07) is 5.50. The van der Waals surface area contributed by atoms with Crippen molar-refractivity contribution in [2.75, 3.05) is 67.2 Å². The second kappa shape index (κ2) is 10.2. The number of nitrogens with zero attached hydrogens (tertiary/aromatic N) is 2. The van der Waals surface area contributed by atoms with Crippen LogP contribution >= 0.6 is 0 Å². The number of rotatable bonds is 7. The van der Waals surface area contributed by atoms with Gasteiger partial charge < -0.3 is 43.2 Å². The van der Waals surface area contributed by atoms with Gasteiger partial charge in [-0.1, -0.05) is 0 Å². The first kappa shape index (κ1) is 25.1. The predicted molar refractivity (Wildman–Crippen MR) is 135 cm³/mol. The third kappa shape index (κ3) is 4.25. The molecule has 1 atom stereocenters. The molecule has 12 nitrogen and oxygen atoms in total. The molecular formula is C27H28N2O10. The van der Waals surface area contributed by atoms with E-state index >= 15 is 0 Å². The Morgan fingerprint density at radius 1 is 0.923 bits per heavy atom. The number of hydrogen-bond donors (Lipinski definition) is 1. The van der Waals surface area contributed by atoms with Gasteiger partial charge >= 0.3 is 0 Å². The average molecular weight is 541 g/mol. The summed E-state index contributed by atoms with van der Waals surface area (Å²) in [5.74, 6) is 0.347. The Bertz CT molecular complexity index is 1350. The molecule has 4 heterocycles. The van der Waals surface area contributed by atoms with Crippen LogP contribution in [0.15, 0.2) is 29.8 Å². The Morgan fingerprint density at radius 3 is 2.41 bits per heavy atom. The summed E-state index contributed by atoms with van der Waals surface area (Å²) >= 11 is 0. The van der Waals surface area contributed by atoms with Gasteiger partial charge in [0.05, 0.1) is 39.0 Å². The van der Waals surface area contributed by atoms with Gasteiger partial charge in [0.15, 0.2) is 23.0 Å². The van der Waals surface area contributed by atoms with Crippen molar-refractivity contribution in [2.24, 2.45) is 0 Å². The molecule has 12 heteroatoms. The number of ketones is 1. The summed E-state index contributed by atoms with van der Waals surface area (Å²) in [6.07, 6.45) is 0. The summed E-state index contributed by atoms with van der Waals surface area (Å²) in [5, 5.41) is 11.5. The van der Waals surface area contributed by atoms with Crippen LogP contribution in [0.4, 0.5) is 0 Å². The van der Waals surface area contributed by atoms with Crippen LogP contribution in [0.1, 0.15) is 17.2 Å². The number of likely N-dealkylation sites (tertiary alicyclic amines) is 1. The number of aliphatic hydroxyl groups excluding tert-OH is 1. The lowest BCUT2D eigenvalue weighted by Crippen LogP contribution is -2.42. The van der Waals surface area contributed by atoms with Crippen LogP contribution in [0.5, 0.6) is 34.5 Å². The molecule has 2 saturated heterocycles. The quantitative estimate of drug-likeness (QED) is 0.315. The van der Waals surface area contributed by atoms with Crippen LogP contribution in [0, 0.1) is 0 Å². The molecule has 0 saturated carbocycles. The first-order valence-electron chi connectivity index (χ1n) is 12.5. The number of ether oxygens (including phenoxy) is 7. The van der Waals surface area contributed by atoms with Crippen molar-refractivity contribution in [2.45, 2.75) is 6.04 Å². The summed E-state index contributed by atoms with van der Waals surface area (Å²) < 4.78 is 38.8. The van der Waals surface area contributed by atoms with Gasteiger partial charge in [-0.15, -0.1) is 0 Å². The van der Waals surface area contributed by atoms with Gasteiger partial charge in [0.2, 0.25) is 25.1 Å². The molecule has 0 spiro atoms. The molecule has 1 amide bonds. The minimum atomic E-state index is -0.991. The van der Waals surface area contributed by atoms with Gasteiger partial charge in [0.1, 0.15) is 5.76 Å². The Hall–Kier alpha value is -4.16. The summed E-state index contributed by atoms with van der Waals surface area (Å²) in [7, 11) is 2.92. The number of methoxy groups -OCH3 is 2. The zero-order valence-electron chi connectivity index (χ0n) is 21.6. The van der Waals surface area contributed by atoms with E-state index in [0.717, 1.165) is 0 Å². The predicted octanol–water partition coefficient (Wildman–Crippen LogP) is 1.92. The Labute approximate surface area is 224 Å². The third-order valence-corrected chi connectivity index (χ3v) is 7.25. The van der Waals surface area contributed by atoms with E-state index in [9.17, 15) is 14.7 Å². The third-order valence-electron chi connectivity index (χ3n) is 7.25. The van der Waals surface area contributed by atoms with Crippen molar-refractivity contribution >= 4 is 17.4 Å². The summed E-state index contributed by atoms with van der Waals surface area (Å²) in [4.78, 5) is 30.7. The van der Waals surface area contributed by atoms with E-state index in [1.807, 2.05) is 0 Å². The van der Waals surface area contributed by atoms with Crippen LogP contribution in [-0.4, -0.2) is 93.8 Å². The van der Waals surface area contributed by atoms with Crippen LogP contribution in [0.2, 0.25) is 0 Å². The summed E-state index contributed by atoms with van der Waals surface area (Å²) in [5.41, 5.74) is 0.643. The fourth-order valence-electron chi connectivity index (χ4n) is 5.32. The number of carbonyl (C=O) groups excluding carboxylic acids is 2. The maximum atomic E-state index is 13.6. The van der Waals surface area contributed by atoms with Crippen molar-refractivity contribution < 1.29 is 47.9 Å². The number of hydrogen-bond acceptors (Lipinski definition) is 11. The lowest BCUT2D eigenvalue weighted by atomic mass is 9.93. The fraction of sp³-hybridized carbons (Fsp3) is 0.407. The molecule has 0 radical (unpaired) electrons. The first-order chi connectivity index (χ1) is 19.0. The maximum absolute atomic E-state index is 13.6. The lowest BCUT2D eigenvalue weighted by molar-refractivity contribution is -0.140. The minimum Gasteiger partial charge on any atom is -0.507 e. The molecule has 4 aliphatic rings. The van der Waals surface area contributed by atoms with Gasteiger partial charge in [-0.25, -0.2) is 0 Å². The number of fused-ring (bicyclic) bond motifs is 2. The second-order valence-corrected chi connectivity index (χ2v) is 9.28. The molecule has 2 aromatic rings. The average Bonchev–Trinajstić information content (AvgIpc) is 3.69. The zero-order chi connectivity index (χ0) is 27.1. The number of aliphatic hydroxyl groups is 1. The van der Waals surface area contributed by atoms with E-state index < -0.39 is 17.7 Å². The molecule has 2 aromatic carbocycles. The summed E-state index contributed by atoms with van der Waals surface area (Å²) in [6.45, 7) is 3.40. The van der Waals surface area contributed by atoms with Gasteiger partial charge in [0, 0.05) is 37.3 Å². The topological polar surface area (TPSA) is 125 Å². The van der Waals surface area contributed by atoms with Crippen molar-refractivity contribution in [3.63, 3.8) is 0 Å². The lowest BCUT2D eigenvalue weighted by Gasteiger charge is -2.31. The van der Waals surface area contributed by atoms with Crippen molar-refractivity contribution in [3.8, 4) is 34.5 Å².